The zero-order valence-corrected chi connectivity index (χ0v) is 10.5. The van der Waals surface area contributed by atoms with Gasteiger partial charge in [-0.25, -0.2) is 0 Å². The average molecular weight is 238 g/mol. The smallest absolute Gasteiger partial charge is 0.0134 e. The Morgan fingerprint density at radius 2 is 1.75 bits per heavy atom. The Kier molecular flexibility index (Phi) is 9.78. The van der Waals surface area contributed by atoms with Crippen molar-refractivity contribution in [3.63, 3.8) is 0 Å². The van der Waals surface area contributed by atoms with Crippen molar-refractivity contribution in [3.8, 4) is 0 Å². The molecule has 1 aromatic carbocycles. The fraction of sp³-hybridized carbons (Fsp3) is 0.286. The van der Waals surface area contributed by atoms with Crippen molar-refractivity contribution in [2.45, 2.75) is 12.8 Å². The van der Waals surface area contributed by atoms with Crippen molar-refractivity contribution in [2.75, 3.05) is 13.6 Å². The van der Waals surface area contributed by atoms with Crippen molar-refractivity contribution in [1.29, 1.82) is 0 Å². The first-order valence-electron chi connectivity index (χ1n) is 5.43. The van der Waals surface area contributed by atoms with Gasteiger partial charge in [0.1, 0.15) is 0 Å². The number of halogens is 1. The molecule has 2 heteroatoms. The summed E-state index contributed by atoms with van der Waals surface area (Å²) in [6.07, 6.45) is 10.7. The first-order chi connectivity index (χ1) is 7.43. The van der Waals surface area contributed by atoms with Gasteiger partial charge in [-0.1, -0.05) is 54.6 Å². The molecule has 0 aliphatic rings. The molecule has 0 saturated heterocycles. The molecule has 0 spiro atoms. The Hall–Kier alpha value is -1.05. The lowest BCUT2D eigenvalue weighted by atomic mass is 10.1. The van der Waals surface area contributed by atoms with Crippen molar-refractivity contribution in [2.24, 2.45) is 0 Å². The maximum Gasteiger partial charge on any atom is 0.0134 e. The monoisotopic (exact) mass is 237 g/mol. The van der Waals surface area contributed by atoms with E-state index in [-0.39, 0.29) is 12.4 Å². The Labute approximate surface area is 105 Å². The molecule has 0 heterocycles. The molecule has 1 N–H and O–H groups in total. The molecule has 0 fully saturated rings. The largest absolute Gasteiger partial charge is 0.316 e. The fourth-order valence-electron chi connectivity index (χ4n) is 1.33. The second kappa shape index (κ2) is 10.5. The number of rotatable bonds is 6. The highest BCUT2D eigenvalue weighted by Gasteiger charge is 1.86. The Morgan fingerprint density at radius 1 is 1.06 bits per heavy atom. The SMILES string of the molecule is CNCC=CC=CCCc1ccccc1.Cl. The summed E-state index contributed by atoms with van der Waals surface area (Å²) in [6.45, 7) is 0.934. The van der Waals surface area contributed by atoms with Crippen LogP contribution in [0.1, 0.15) is 12.0 Å². The molecule has 0 aliphatic heterocycles. The molecule has 0 saturated carbocycles. The van der Waals surface area contributed by atoms with Gasteiger partial charge in [0.05, 0.1) is 0 Å². The van der Waals surface area contributed by atoms with Crippen molar-refractivity contribution in [1.82, 2.24) is 5.32 Å². The first-order valence-corrected chi connectivity index (χ1v) is 5.43. The number of benzene rings is 1. The van der Waals surface area contributed by atoms with Crippen LogP contribution in [0.2, 0.25) is 0 Å². The van der Waals surface area contributed by atoms with Gasteiger partial charge >= 0.3 is 0 Å². The minimum Gasteiger partial charge on any atom is -0.316 e. The van der Waals surface area contributed by atoms with Crippen LogP contribution in [0.3, 0.4) is 0 Å². The molecule has 1 aromatic rings. The number of aryl methyl sites for hydroxylation is 1. The minimum atomic E-state index is 0. The van der Waals surface area contributed by atoms with Gasteiger partial charge in [-0.05, 0) is 25.5 Å². The summed E-state index contributed by atoms with van der Waals surface area (Å²) in [6, 6.07) is 10.6. The second-order valence-corrected chi connectivity index (χ2v) is 3.44. The van der Waals surface area contributed by atoms with Gasteiger partial charge in [0.15, 0.2) is 0 Å². The summed E-state index contributed by atoms with van der Waals surface area (Å²) in [7, 11) is 1.95. The molecule has 16 heavy (non-hydrogen) atoms. The molecule has 0 amide bonds. The summed E-state index contributed by atoms with van der Waals surface area (Å²) in [5, 5.41) is 3.06. The number of allylic oxidation sites excluding steroid dienone is 3. The predicted octanol–water partition coefficient (Wildman–Crippen LogP) is 3.37. The molecule has 1 nitrogen and oxygen atoms in total. The molecule has 0 radical (unpaired) electrons. The van der Waals surface area contributed by atoms with Crippen molar-refractivity contribution >= 4 is 12.4 Å². The third kappa shape index (κ3) is 7.27. The number of hydrogen-bond donors (Lipinski definition) is 1. The second-order valence-electron chi connectivity index (χ2n) is 3.44. The van der Waals surface area contributed by atoms with Crippen LogP contribution in [0.25, 0.3) is 0 Å². The summed E-state index contributed by atoms with van der Waals surface area (Å²) >= 11 is 0. The average Bonchev–Trinajstić information content (AvgIpc) is 2.29. The van der Waals surface area contributed by atoms with Gasteiger partial charge in [-0.2, -0.15) is 0 Å². The molecule has 88 valence electrons. The standard InChI is InChI=1S/C14H19N.ClH/c1-15-13-9-4-2-3-6-10-14-11-7-5-8-12-14;/h2-5,7-9,11-12,15H,6,10,13H2,1H3;1H. The van der Waals surface area contributed by atoms with Crippen LogP contribution in [0.15, 0.2) is 54.6 Å². The maximum absolute atomic E-state index is 3.06. The lowest BCUT2D eigenvalue weighted by Crippen LogP contribution is -2.03. The number of nitrogens with one attached hydrogen (secondary N) is 1. The van der Waals surface area contributed by atoms with E-state index in [9.17, 15) is 0 Å². The van der Waals surface area contributed by atoms with E-state index < -0.39 is 0 Å². The Balaban J connectivity index is 0.00000225. The van der Waals surface area contributed by atoms with Crippen LogP contribution in [0.5, 0.6) is 0 Å². The minimum absolute atomic E-state index is 0. The van der Waals surface area contributed by atoms with Gasteiger partial charge in [0.25, 0.3) is 0 Å². The highest BCUT2D eigenvalue weighted by atomic mass is 35.5. The Bertz CT molecular complexity index is 304. The van der Waals surface area contributed by atoms with Crippen molar-refractivity contribution < 1.29 is 0 Å². The van der Waals surface area contributed by atoms with E-state index in [1.807, 2.05) is 7.05 Å². The fourth-order valence-corrected chi connectivity index (χ4v) is 1.33. The third-order valence-electron chi connectivity index (χ3n) is 2.15. The van der Waals surface area contributed by atoms with Gasteiger partial charge in [-0.3, -0.25) is 0 Å². The summed E-state index contributed by atoms with van der Waals surface area (Å²) in [4.78, 5) is 0. The van der Waals surface area contributed by atoms with Gasteiger partial charge < -0.3 is 5.32 Å². The quantitative estimate of drug-likeness (QED) is 0.748. The lowest BCUT2D eigenvalue weighted by Gasteiger charge is -1.95. The van der Waals surface area contributed by atoms with Crippen LogP contribution in [0.4, 0.5) is 0 Å². The van der Waals surface area contributed by atoms with Crippen molar-refractivity contribution in [3.05, 3.63) is 60.2 Å². The van der Waals surface area contributed by atoms with Crippen LogP contribution in [-0.2, 0) is 6.42 Å². The highest BCUT2D eigenvalue weighted by molar-refractivity contribution is 5.85. The normalized spacial score (nSPS) is 10.8. The van der Waals surface area contributed by atoms with Gasteiger partial charge in [0.2, 0.25) is 0 Å². The lowest BCUT2D eigenvalue weighted by molar-refractivity contribution is 0.919. The third-order valence-corrected chi connectivity index (χ3v) is 2.15. The predicted molar refractivity (Wildman–Crippen MR) is 74.2 cm³/mol. The molecule has 0 aliphatic carbocycles. The molecular weight excluding hydrogens is 218 g/mol. The van der Waals surface area contributed by atoms with Gasteiger partial charge in [-0.15, -0.1) is 12.4 Å². The summed E-state index contributed by atoms with van der Waals surface area (Å²) < 4.78 is 0. The first kappa shape index (κ1) is 14.9. The molecule has 0 unspecified atom stereocenters. The molecule has 1 rings (SSSR count). The van der Waals surface area contributed by atoms with Crippen LogP contribution in [-0.4, -0.2) is 13.6 Å². The zero-order valence-electron chi connectivity index (χ0n) is 9.73. The van der Waals surface area contributed by atoms with E-state index in [4.69, 9.17) is 0 Å². The summed E-state index contributed by atoms with van der Waals surface area (Å²) in [5.41, 5.74) is 1.40. The zero-order chi connectivity index (χ0) is 10.8. The van der Waals surface area contributed by atoms with E-state index in [0.717, 1.165) is 19.4 Å². The van der Waals surface area contributed by atoms with E-state index in [2.05, 4.69) is 60.0 Å². The maximum atomic E-state index is 3.06. The summed E-state index contributed by atoms with van der Waals surface area (Å²) in [5.74, 6) is 0. The molecule has 0 atom stereocenters. The van der Waals surface area contributed by atoms with Gasteiger partial charge in [0, 0.05) is 6.54 Å². The van der Waals surface area contributed by atoms with E-state index >= 15 is 0 Å². The molecule has 0 bridgehead atoms. The van der Waals surface area contributed by atoms with Crippen LogP contribution < -0.4 is 5.32 Å². The van der Waals surface area contributed by atoms with Crippen LogP contribution >= 0.6 is 12.4 Å². The molecular formula is C14H20ClN. The van der Waals surface area contributed by atoms with E-state index in [0.29, 0.717) is 0 Å². The molecule has 0 aromatic heterocycles. The number of hydrogen-bond acceptors (Lipinski definition) is 1. The van der Waals surface area contributed by atoms with E-state index in [1.54, 1.807) is 0 Å². The van der Waals surface area contributed by atoms with E-state index in [1.165, 1.54) is 5.56 Å². The highest BCUT2D eigenvalue weighted by Crippen LogP contribution is 2.02. The van der Waals surface area contributed by atoms with Crippen LogP contribution in [0, 0.1) is 0 Å². The number of likely N-dealkylation sites (N-methyl/N-ethyl adjacent to an activating group) is 1. The topological polar surface area (TPSA) is 12.0 Å². The Morgan fingerprint density at radius 3 is 2.44 bits per heavy atom.